The Balaban J connectivity index is 2.05. The van der Waals surface area contributed by atoms with Crippen molar-refractivity contribution in [1.82, 2.24) is 5.43 Å². The first-order valence-electron chi connectivity index (χ1n) is 6.14. The Bertz CT molecular complexity index is 768. The number of amides is 1. The lowest BCUT2D eigenvalue weighted by Gasteiger charge is -2.02. The molecule has 2 aromatic rings. The number of non-ortho nitro benzene ring substituents is 1. The summed E-state index contributed by atoms with van der Waals surface area (Å²) in [5, 5.41) is 24.0. The summed E-state index contributed by atoms with van der Waals surface area (Å²) in [5.74, 6) is -0.426. The molecule has 0 aromatic heterocycles. The summed E-state index contributed by atoms with van der Waals surface area (Å²) in [5.41, 5.74) is 3.12. The summed E-state index contributed by atoms with van der Waals surface area (Å²) in [7, 11) is 0. The highest BCUT2D eigenvalue weighted by atomic mass is 79.9. The quantitative estimate of drug-likeness (QED) is 0.428. The summed E-state index contributed by atoms with van der Waals surface area (Å²) in [6, 6.07) is 8.43. The molecule has 0 fully saturated rings. The molecule has 7 nitrogen and oxygen atoms in total. The standard InChI is InChI=1S/C14H9Br2N3O4/c15-11-5-8(6-12(16)13(11)20)7-17-18-14(21)9-1-3-10(4-2-9)19(22)23/h1-7,20H,(H,18,21)/b17-7+. The number of phenolic OH excluding ortho intramolecular Hbond substituents is 1. The lowest BCUT2D eigenvalue weighted by molar-refractivity contribution is -0.384. The lowest BCUT2D eigenvalue weighted by atomic mass is 10.2. The van der Waals surface area contributed by atoms with Crippen molar-refractivity contribution in [3.8, 4) is 5.75 Å². The molecule has 2 N–H and O–H groups in total. The van der Waals surface area contributed by atoms with Crippen molar-refractivity contribution in [2.45, 2.75) is 0 Å². The number of phenols is 1. The average molecular weight is 443 g/mol. The number of halogens is 2. The largest absolute Gasteiger partial charge is 0.506 e. The number of nitrogens with one attached hydrogen (secondary N) is 1. The minimum Gasteiger partial charge on any atom is -0.506 e. The fraction of sp³-hybridized carbons (Fsp3) is 0. The Morgan fingerprint density at radius 3 is 2.30 bits per heavy atom. The van der Waals surface area contributed by atoms with Crippen LogP contribution in [0.25, 0.3) is 0 Å². The van der Waals surface area contributed by atoms with Crippen LogP contribution < -0.4 is 5.43 Å². The van der Waals surface area contributed by atoms with Crippen LogP contribution in [0.2, 0.25) is 0 Å². The number of aromatic hydroxyl groups is 1. The molecule has 23 heavy (non-hydrogen) atoms. The van der Waals surface area contributed by atoms with Crippen LogP contribution in [-0.4, -0.2) is 22.2 Å². The smallest absolute Gasteiger partial charge is 0.271 e. The molecule has 0 aliphatic carbocycles. The van der Waals surface area contributed by atoms with Crippen molar-refractivity contribution in [2.75, 3.05) is 0 Å². The molecule has 1 amide bonds. The molecule has 0 aliphatic rings. The van der Waals surface area contributed by atoms with Gasteiger partial charge in [0.05, 0.1) is 20.1 Å². The van der Waals surface area contributed by atoms with Gasteiger partial charge in [-0.3, -0.25) is 14.9 Å². The molecule has 0 saturated heterocycles. The van der Waals surface area contributed by atoms with E-state index in [0.717, 1.165) is 0 Å². The van der Waals surface area contributed by atoms with Gasteiger partial charge in [-0.25, -0.2) is 5.43 Å². The molecule has 0 aliphatic heterocycles. The van der Waals surface area contributed by atoms with E-state index >= 15 is 0 Å². The highest BCUT2D eigenvalue weighted by molar-refractivity contribution is 9.11. The van der Waals surface area contributed by atoms with Crippen molar-refractivity contribution in [3.63, 3.8) is 0 Å². The normalized spacial score (nSPS) is 10.7. The summed E-state index contributed by atoms with van der Waals surface area (Å²) >= 11 is 6.38. The first-order chi connectivity index (χ1) is 10.9. The molecule has 0 unspecified atom stereocenters. The van der Waals surface area contributed by atoms with E-state index in [0.29, 0.717) is 14.5 Å². The van der Waals surface area contributed by atoms with Crippen LogP contribution >= 0.6 is 31.9 Å². The number of rotatable bonds is 4. The van der Waals surface area contributed by atoms with Crippen LogP contribution in [0.3, 0.4) is 0 Å². The number of nitro groups is 1. The van der Waals surface area contributed by atoms with Gasteiger partial charge in [-0.2, -0.15) is 5.10 Å². The third-order valence-electron chi connectivity index (χ3n) is 2.76. The van der Waals surface area contributed by atoms with E-state index in [2.05, 4.69) is 42.4 Å². The van der Waals surface area contributed by atoms with Gasteiger partial charge in [0, 0.05) is 17.7 Å². The topological polar surface area (TPSA) is 105 Å². The van der Waals surface area contributed by atoms with Gasteiger partial charge in [0.15, 0.2) is 0 Å². The number of carbonyl (C=O) groups is 1. The molecule has 0 heterocycles. The Morgan fingerprint density at radius 1 is 1.22 bits per heavy atom. The number of hydrogen-bond acceptors (Lipinski definition) is 5. The molecule has 0 atom stereocenters. The van der Waals surface area contributed by atoms with Crippen molar-refractivity contribution in [2.24, 2.45) is 5.10 Å². The zero-order valence-corrected chi connectivity index (χ0v) is 14.5. The highest BCUT2D eigenvalue weighted by Gasteiger charge is 2.09. The second-order valence-corrected chi connectivity index (χ2v) is 6.04. The van der Waals surface area contributed by atoms with Gasteiger partial charge >= 0.3 is 0 Å². The van der Waals surface area contributed by atoms with E-state index in [-0.39, 0.29) is 17.0 Å². The van der Waals surface area contributed by atoms with E-state index < -0.39 is 10.8 Å². The van der Waals surface area contributed by atoms with E-state index in [4.69, 9.17) is 0 Å². The molecule has 118 valence electrons. The third-order valence-corrected chi connectivity index (χ3v) is 3.97. The minimum atomic E-state index is -0.541. The number of hydrazone groups is 1. The molecule has 0 saturated carbocycles. The van der Waals surface area contributed by atoms with Crippen molar-refractivity contribution < 1.29 is 14.8 Å². The maximum atomic E-state index is 11.9. The van der Waals surface area contributed by atoms with Crippen LogP contribution in [0.5, 0.6) is 5.75 Å². The average Bonchev–Trinajstić information content (AvgIpc) is 2.52. The zero-order valence-electron chi connectivity index (χ0n) is 11.4. The SMILES string of the molecule is O=C(N/N=C/c1cc(Br)c(O)c(Br)c1)c1ccc([N+](=O)[O-])cc1. The number of nitrogens with zero attached hydrogens (tertiary/aromatic N) is 2. The van der Waals surface area contributed by atoms with Gasteiger partial charge in [0.2, 0.25) is 0 Å². The van der Waals surface area contributed by atoms with Crippen LogP contribution in [0.1, 0.15) is 15.9 Å². The number of hydrogen-bond donors (Lipinski definition) is 2. The molecule has 9 heteroatoms. The summed E-state index contributed by atoms with van der Waals surface area (Å²) < 4.78 is 0.963. The monoisotopic (exact) mass is 441 g/mol. The first kappa shape index (κ1) is 17.1. The second-order valence-electron chi connectivity index (χ2n) is 4.34. The second kappa shape index (κ2) is 7.34. The maximum Gasteiger partial charge on any atom is 0.271 e. The van der Waals surface area contributed by atoms with Gasteiger partial charge in [-0.15, -0.1) is 0 Å². The maximum absolute atomic E-state index is 11.9. The van der Waals surface area contributed by atoms with Gasteiger partial charge < -0.3 is 5.11 Å². The van der Waals surface area contributed by atoms with Crippen LogP contribution in [-0.2, 0) is 0 Å². The molecule has 2 rings (SSSR count). The molecular weight excluding hydrogens is 434 g/mol. The Kier molecular flexibility index (Phi) is 5.45. The first-order valence-corrected chi connectivity index (χ1v) is 7.73. The summed E-state index contributed by atoms with van der Waals surface area (Å²) in [6.07, 6.45) is 1.40. The van der Waals surface area contributed by atoms with Crippen molar-refractivity contribution in [1.29, 1.82) is 0 Å². The number of benzene rings is 2. The highest BCUT2D eigenvalue weighted by Crippen LogP contribution is 2.32. The number of nitro benzene ring substituents is 1. The Hall–Kier alpha value is -2.26. The van der Waals surface area contributed by atoms with Crippen molar-refractivity contribution >= 4 is 49.7 Å². The summed E-state index contributed by atoms with van der Waals surface area (Å²) in [4.78, 5) is 21.9. The van der Waals surface area contributed by atoms with E-state index in [1.807, 2.05) is 0 Å². The predicted octanol–water partition coefficient (Wildman–Crippen LogP) is 3.59. The fourth-order valence-electron chi connectivity index (χ4n) is 1.62. The lowest BCUT2D eigenvalue weighted by Crippen LogP contribution is -2.17. The molecular formula is C14H9Br2N3O4. The van der Waals surface area contributed by atoms with Crippen LogP contribution in [0, 0.1) is 10.1 Å². The van der Waals surface area contributed by atoms with Gasteiger partial charge in [-0.1, -0.05) is 0 Å². The van der Waals surface area contributed by atoms with Crippen molar-refractivity contribution in [3.05, 3.63) is 66.6 Å². The minimum absolute atomic E-state index is 0.0667. The Labute approximate surface area is 147 Å². The van der Waals surface area contributed by atoms with E-state index in [9.17, 15) is 20.0 Å². The van der Waals surface area contributed by atoms with Gasteiger partial charge in [0.25, 0.3) is 11.6 Å². The Morgan fingerprint density at radius 2 is 1.78 bits per heavy atom. The molecule has 0 radical (unpaired) electrons. The fourth-order valence-corrected chi connectivity index (χ4v) is 2.85. The van der Waals surface area contributed by atoms with E-state index in [1.54, 1.807) is 12.1 Å². The molecule has 2 aromatic carbocycles. The number of carbonyl (C=O) groups excluding carboxylic acids is 1. The van der Waals surface area contributed by atoms with Crippen LogP contribution in [0.15, 0.2) is 50.4 Å². The zero-order chi connectivity index (χ0) is 17.0. The van der Waals surface area contributed by atoms with Gasteiger partial charge in [0.1, 0.15) is 5.75 Å². The van der Waals surface area contributed by atoms with E-state index in [1.165, 1.54) is 30.5 Å². The van der Waals surface area contributed by atoms with Crippen LogP contribution in [0.4, 0.5) is 5.69 Å². The summed E-state index contributed by atoms with van der Waals surface area (Å²) in [6.45, 7) is 0. The molecule has 0 spiro atoms. The van der Waals surface area contributed by atoms with Gasteiger partial charge in [-0.05, 0) is 61.7 Å². The third kappa shape index (κ3) is 4.36. The predicted molar refractivity (Wildman–Crippen MR) is 91.7 cm³/mol. The molecule has 0 bridgehead atoms.